The molecule has 2 rings (SSSR count). The molecule has 0 aliphatic heterocycles. The van der Waals surface area contributed by atoms with Crippen LogP contribution in [0.1, 0.15) is 16.3 Å². The van der Waals surface area contributed by atoms with Gasteiger partial charge in [-0.3, -0.25) is 0 Å². The topological polar surface area (TPSA) is 72.3 Å². The van der Waals surface area contributed by atoms with Gasteiger partial charge in [0, 0.05) is 11.3 Å². The molecule has 0 atom stereocenters. The Morgan fingerprint density at radius 3 is 2.72 bits per heavy atom. The van der Waals surface area contributed by atoms with Gasteiger partial charge in [0.2, 0.25) is 5.82 Å². The lowest BCUT2D eigenvalue weighted by Gasteiger charge is -2.05. The number of nitrogens with zero attached hydrogens (tertiary/aromatic N) is 2. The summed E-state index contributed by atoms with van der Waals surface area (Å²) in [5, 5.41) is 8.93. The summed E-state index contributed by atoms with van der Waals surface area (Å²) < 4.78 is 5.12. The monoisotopic (exact) mass is 244 g/mol. The number of aromatic nitrogens is 2. The maximum Gasteiger partial charge on any atom is 0.373 e. The number of methoxy groups -OCH3 is 1. The van der Waals surface area contributed by atoms with Crippen molar-refractivity contribution < 1.29 is 14.6 Å². The summed E-state index contributed by atoms with van der Waals surface area (Å²) in [6.45, 7) is 1.73. The fraction of sp³-hybridized carbons (Fsp3) is 0.154. The summed E-state index contributed by atoms with van der Waals surface area (Å²) in [5.41, 5.74) is 1.97. The number of carbonyl (C=O) groups is 1. The Hall–Kier alpha value is -2.43. The van der Waals surface area contributed by atoms with Gasteiger partial charge in [-0.2, -0.15) is 0 Å². The lowest BCUT2D eigenvalue weighted by Crippen LogP contribution is -2.06. The average molecular weight is 244 g/mol. The van der Waals surface area contributed by atoms with E-state index in [0.717, 1.165) is 5.56 Å². The number of carboxylic acids is 1. The van der Waals surface area contributed by atoms with Gasteiger partial charge < -0.3 is 9.84 Å². The van der Waals surface area contributed by atoms with E-state index in [1.807, 2.05) is 18.2 Å². The molecule has 5 nitrogen and oxygen atoms in total. The van der Waals surface area contributed by atoms with E-state index >= 15 is 0 Å². The van der Waals surface area contributed by atoms with Crippen molar-refractivity contribution in [1.29, 1.82) is 0 Å². The second-order valence-electron chi connectivity index (χ2n) is 3.76. The van der Waals surface area contributed by atoms with Crippen LogP contribution in [0.15, 0.2) is 30.3 Å². The smallest absolute Gasteiger partial charge is 0.373 e. The van der Waals surface area contributed by atoms with Crippen LogP contribution in [0.3, 0.4) is 0 Å². The van der Waals surface area contributed by atoms with Crippen LogP contribution < -0.4 is 4.74 Å². The number of ether oxygens (including phenoxy) is 1. The van der Waals surface area contributed by atoms with Crippen LogP contribution in [-0.2, 0) is 0 Å². The molecule has 0 saturated heterocycles. The molecule has 1 aromatic heterocycles. The largest absolute Gasteiger partial charge is 0.497 e. The van der Waals surface area contributed by atoms with Crippen molar-refractivity contribution >= 4 is 5.97 Å². The molecule has 0 aliphatic rings. The van der Waals surface area contributed by atoms with E-state index in [0.29, 0.717) is 17.1 Å². The van der Waals surface area contributed by atoms with Gasteiger partial charge in [-0.25, -0.2) is 14.8 Å². The fourth-order valence-corrected chi connectivity index (χ4v) is 1.59. The first-order valence-corrected chi connectivity index (χ1v) is 5.33. The molecule has 0 spiro atoms. The Labute approximate surface area is 104 Å². The lowest BCUT2D eigenvalue weighted by atomic mass is 10.1. The maximum atomic E-state index is 10.9. The van der Waals surface area contributed by atoms with E-state index in [1.54, 1.807) is 26.2 Å². The van der Waals surface area contributed by atoms with Crippen molar-refractivity contribution in [3.8, 4) is 17.0 Å². The number of aryl methyl sites for hydroxylation is 1. The normalized spacial score (nSPS) is 10.1. The van der Waals surface area contributed by atoms with Crippen molar-refractivity contribution in [1.82, 2.24) is 9.97 Å². The first-order chi connectivity index (χ1) is 8.60. The van der Waals surface area contributed by atoms with Crippen molar-refractivity contribution in [2.24, 2.45) is 0 Å². The van der Waals surface area contributed by atoms with Gasteiger partial charge >= 0.3 is 5.97 Å². The van der Waals surface area contributed by atoms with Gasteiger partial charge in [0.25, 0.3) is 0 Å². The van der Waals surface area contributed by atoms with E-state index in [1.165, 1.54) is 0 Å². The molecule has 0 saturated carbocycles. The molecule has 0 bridgehead atoms. The summed E-state index contributed by atoms with van der Waals surface area (Å²) in [6, 6.07) is 9.02. The molecule has 5 heteroatoms. The minimum absolute atomic E-state index is 0.201. The molecule has 0 fully saturated rings. The number of carboxylic acid groups (broad SMARTS) is 1. The van der Waals surface area contributed by atoms with Gasteiger partial charge in [0.15, 0.2) is 0 Å². The molecule has 18 heavy (non-hydrogen) atoms. The molecule has 0 unspecified atom stereocenters. The van der Waals surface area contributed by atoms with Crippen molar-refractivity contribution in [2.45, 2.75) is 6.92 Å². The van der Waals surface area contributed by atoms with E-state index in [-0.39, 0.29) is 5.82 Å². The standard InChI is InChI=1S/C13H12N2O3/c1-8-6-11(15-12(14-8)13(16)17)9-4-3-5-10(7-9)18-2/h3-7H,1-2H3,(H,16,17). The molecule has 0 amide bonds. The number of benzene rings is 1. The van der Waals surface area contributed by atoms with Gasteiger partial charge in [-0.05, 0) is 25.1 Å². The minimum atomic E-state index is -1.14. The molecule has 0 radical (unpaired) electrons. The third kappa shape index (κ3) is 2.45. The minimum Gasteiger partial charge on any atom is -0.497 e. The molecule has 92 valence electrons. The van der Waals surface area contributed by atoms with Crippen LogP contribution in [0, 0.1) is 6.92 Å². The SMILES string of the molecule is COc1cccc(-c2cc(C)nc(C(=O)O)n2)c1. The zero-order valence-corrected chi connectivity index (χ0v) is 10.0. The fourth-order valence-electron chi connectivity index (χ4n) is 1.59. The highest BCUT2D eigenvalue weighted by Crippen LogP contribution is 2.22. The van der Waals surface area contributed by atoms with Crippen LogP contribution in [0.4, 0.5) is 0 Å². The van der Waals surface area contributed by atoms with Crippen molar-refractivity contribution in [3.05, 3.63) is 41.9 Å². The zero-order chi connectivity index (χ0) is 13.1. The predicted octanol–water partition coefficient (Wildman–Crippen LogP) is 2.16. The van der Waals surface area contributed by atoms with E-state index in [4.69, 9.17) is 9.84 Å². The third-order valence-corrected chi connectivity index (χ3v) is 2.41. The Balaban J connectivity index is 2.52. The Bertz CT molecular complexity index is 597. The predicted molar refractivity (Wildman–Crippen MR) is 65.7 cm³/mol. The van der Waals surface area contributed by atoms with Gasteiger partial charge in [-0.1, -0.05) is 12.1 Å². The summed E-state index contributed by atoms with van der Waals surface area (Å²) in [6.07, 6.45) is 0. The summed E-state index contributed by atoms with van der Waals surface area (Å²) in [4.78, 5) is 18.8. The maximum absolute atomic E-state index is 10.9. The molecular weight excluding hydrogens is 232 g/mol. The number of hydrogen-bond donors (Lipinski definition) is 1. The molecule has 1 N–H and O–H groups in total. The summed E-state index contributed by atoms with van der Waals surface area (Å²) in [5.74, 6) is -0.642. The lowest BCUT2D eigenvalue weighted by molar-refractivity contribution is 0.0683. The molecule has 0 aliphatic carbocycles. The summed E-state index contributed by atoms with van der Waals surface area (Å²) >= 11 is 0. The molecule has 1 heterocycles. The third-order valence-electron chi connectivity index (χ3n) is 2.41. The van der Waals surface area contributed by atoms with E-state index in [9.17, 15) is 4.79 Å². The van der Waals surface area contributed by atoms with Gasteiger partial charge in [-0.15, -0.1) is 0 Å². The number of rotatable bonds is 3. The van der Waals surface area contributed by atoms with Gasteiger partial charge in [0.05, 0.1) is 12.8 Å². The highest BCUT2D eigenvalue weighted by Gasteiger charge is 2.10. The van der Waals surface area contributed by atoms with Gasteiger partial charge in [0.1, 0.15) is 5.75 Å². The van der Waals surface area contributed by atoms with Crippen molar-refractivity contribution in [3.63, 3.8) is 0 Å². The molecule has 2 aromatic rings. The first kappa shape index (κ1) is 12.0. The first-order valence-electron chi connectivity index (χ1n) is 5.33. The van der Waals surface area contributed by atoms with Crippen LogP contribution in [0.25, 0.3) is 11.3 Å². The number of aromatic carboxylic acids is 1. The van der Waals surface area contributed by atoms with Crippen LogP contribution in [0.2, 0.25) is 0 Å². The number of hydrogen-bond acceptors (Lipinski definition) is 4. The zero-order valence-electron chi connectivity index (χ0n) is 10.0. The molecular formula is C13H12N2O3. The second-order valence-corrected chi connectivity index (χ2v) is 3.76. The van der Waals surface area contributed by atoms with E-state index in [2.05, 4.69) is 9.97 Å². The quantitative estimate of drug-likeness (QED) is 0.895. The second kappa shape index (κ2) is 4.83. The molecule has 1 aromatic carbocycles. The van der Waals surface area contributed by atoms with Crippen molar-refractivity contribution in [2.75, 3.05) is 7.11 Å². The Kier molecular flexibility index (Phi) is 3.23. The van der Waals surface area contributed by atoms with Crippen LogP contribution >= 0.6 is 0 Å². The highest BCUT2D eigenvalue weighted by molar-refractivity contribution is 5.84. The Morgan fingerprint density at radius 1 is 1.28 bits per heavy atom. The Morgan fingerprint density at radius 2 is 2.06 bits per heavy atom. The summed E-state index contributed by atoms with van der Waals surface area (Å²) in [7, 11) is 1.58. The van der Waals surface area contributed by atoms with Crippen LogP contribution in [-0.4, -0.2) is 28.2 Å². The van der Waals surface area contributed by atoms with Crippen LogP contribution in [0.5, 0.6) is 5.75 Å². The van der Waals surface area contributed by atoms with E-state index < -0.39 is 5.97 Å². The highest BCUT2D eigenvalue weighted by atomic mass is 16.5. The average Bonchev–Trinajstić information content (AvgIpc) is 2.38.